The zero-order chi connectivity index (χ0) is 24.3. The Balaban J connectivity index is 1.48. The van der Waals surface area contributed by atoms with Gasteiger partial charge in [-0.2, -0.15) is 0 Å². The van der Waals surface area contributed by atoms with Crippen molar-refractivity contribution in [2.24, 2.45) is 5.92 Å². The first-order chi connectivity index (χ1) is 16.5. The number of nitrogens with zero attached hydrogens (tertiary/aromatic N) is 2. The summed E-state index contributed by atoms with van der Waals surface area (Å²) in [5.41, 5.74) is 2.33. The Labute approximate surface area is 201 Å². The third-order valence-electron chi connectivity index (χ3n) is 6.90. The van der Waals surface area contributed by atoms with E-state index in [0.717, 1.165) is 69.4 Å². The molecular weight excluding hydrogens is 439 g/mol. The van der Waals surface area contributed by atoms with Crippen LogP contribution in [0.3, 0.4) is 0 Å². The van der Waals surface area contributed by atoms with Gasteiger partial charge in [-0.25, -0.2) is 14.2 Å². The van der Waals surface area contributed by atoms with E-state index in [4.69, 9.17) is 9.72 Å². The van der Waals surface area contributed by atoms with Crippen LogP contribution in [-0.2, 0) is 27.2 Å². The molecule has 3 N–H and O–H groups in total. The lowest BCUT2D eigenvalue weighted by molar-refractivity contribution is -0.143. The van der Waals surface area contributed by atoms with Gasteiger partial charge in [-0.05, 0) is 69.5 Å². The van der Waals surface area contributed by atoms with Gasteiger partial charge in [-0.15, -0.1) is 0 Å². The maximum absolute atomic E-state index is 13.3. The summed E-state index contributed by atoms with van der Waals surface area (Å²) >= 11 is 0. The van der Waals surface area contributed by atoms with Gasteiger partial charge in [0, 0.05) is 38.4 Å². The van der Waals surface area contributed by atoms with E-state index in [1.807, 2.05) is 4.90 Å². The average Bonchev–Trinajstić information content (AvgIpc) is 2.80. The first kappa shape index (κ1) is 26.3. The summed E-state index contributed by atoms with van der Waals surface area (Å²) in [6.45, 7) is 1.90. The average molecular weight is 479 g/mol. The lowest BCUT2D eigenvalue weighted by atomic mass is 9.84. The molecule has 1 amide bonds. The molecule has 2 unspecified atom stereocenters. The number of carboxylic acids is 1. The van der Waals surface area contributed by atoms with Gasteiger partial charge >= 0.3 is 5.97 Å². The van der Waals surface area contributed by atoms with Crippen LogP contribution in [0.5, 0.6) is 0 Å². The fourth-order valence-corrected chi connectivity index (χ4v) is 4.45. The Morgan fingerprint density at radius 1 is 1.29 bits per heavy atom. The quantitative estimate of drug-likeness (QED) is 0.333. The molecule has 2 aliphatic rings. The van der Waals surface area contributed by atoms with Gasteiger partial charge in [-0.3, -0.25) is 4.79 Å². The van der Waals surface area contributed by atoms with E-state index in [2.05, 4.69) is 22.8 Å². The van der Waals surface area contributed by atoms with Crippen molar-refractivity contribution >= 4 is 17.7 Å². The molecule has 0 radical (unpaired) electrons. The summed E-state index contributed by atoms with van der Waals surface area (Å²) in [4.78, 5) is 30.7. The number of nitrogens with one attached hydrogen (secondary N) is 2. The Bertz CT molecular complexity index is 801. The van der Waals surface area contributed by atoms with E-state index in [-0.39, 0.29) is 18.2 Å². The largest absolute Gasteiger partial charge is 0.480 e. The standard InChI is InChI=1S/C25H39FN4O4/c1-34-21(16-26)17-30(15-12-22(25(32)33)29-24(31)19-6-4-7-19)14-3-2-9-20-11-10-18-8-5-13-27-23(18)28-20/h10-11,19,21-22H,2-9,12-17H2,1H3,(H,27,28)(H,29,31)(H,32,33). The number of unbranched alkanes of at least 4 members (excludes halogenated alkanes) is 1. The number of carboxylic acid groups (broad SMARTS) is 1. The van der Waals surface area contributed by atoms with E-state index in [1.54, 1.807) is 0 Å². The number of aliphatic carboxylic acids is 1. The van der Waals surface area contributed by atoms with Crippen LogP contribution >= 0.6 is 0 Å². The van der Waals surface area contributed by atoms with Gasteiger partial charge in [0.1, 0.15) is 18.5 Å². The third kappa shape index (κ3) is 7.91. The lowest BCUT2D eigenvalue weighted by Gasteiger charge is -2.29. The van der Waals surface area contributed by atoms with E-state index in [0.29, 0.717) is 19.6 Å². The second kappa shape index (κ2) is 13.6. The summed E-state index contributed by atoms with van der Waals surface area (Å²) in [7, 11) is 1.48. The molecule has 3 rings (SSSR count). The highest BCUT2D eigenvalue weighted by atomic mass is 19.1. The van der Waals surface area contributed by atoms with Crippen molar-refractivity contribution in [3.63, 3.8) is 0 Å². The topological polar surface area (TPSA) is 104 Å². The molecule has 8 nitrogen and oxygen atoms in total. The molecule has 0 aromatic carbocycles. The van der Waals surface area contributed by atoms with Crippen LogP contribution in [0.4, 0.5) is 10.2 Å². The predicted octanol–water partition coefficient (Wildman–Crippen LogP) is 2.81. The summed E-state index contributed by atoms with van der Waals surface area (Å²) in [5.74, 6) is -0.265. The first-order valence-corrected chi connectivity index (χ1v) is 12.6. The van der Waals surface area contributed by atoms with Gasteiger partial charge in [-0.1, -0.05) is 12.5 Å². The van der Waals surface area contributed by atoms with Crippen LogP contribution in [-0.4, -0.2) is 79.0 Å². The molecule has 1 aromatic rings. The van der Waals surface area contributed by atoms with Crippen LogP contribution < -0.4 is 10.6 Å². The van der Waals surface area contributed by atoms with Crippen molar-refractivity contribution in [3.8, 4) is 0 Å². The van der Waals surface area contributed by atoms with Crippen molar-refractivity contribution in [3.05, 3.63) is 23.4 Å². The summed E-state index contributed by atoms with van der Waals surface area (Å²) in [6, 6.07) is 3.31. The number of aromatic nitrogens is 1. The van der Waals surface area contributed by atoms with Crippen LogP contribution in [0.15, 0.2) is 12.1 Å². The maximum Gasteiger partial charge on any atom is 0.326 e. The normalized spacial score (nSPS) is 17.4. The lowest BCUT2D eigenvalue weighted by Crippen LogP contribution is -2.47. The number of fused-ring (bicyclic) bond motifs is 1. The summed E-state index contributed by atoms with van der Waals surface area (Å²) in [6.07, 6.45) is 7.25. The number of pyridine rings is 1. The summed E-state index contributed by atoms with van der Waals surface area (Å²) in [5, 5.41) is 15.6. The number of anilines is 1. The maximum atomic E-state index is 13.3. The Hall–Kier alpha value is -2.26. The monoisotopic (exact) mass is 478 g/mol. The Morgan fingerprint density at radius 3 is 2.79 bits per heavy atom. The number of alkyl halides is 1. The molecule has 9 heteroatoms. The fourth-order valence-electron chi connectivity index (χ4n) is 4.45. The zero-order valence-electron chi connectivity index (χ0n) is 20.2. The third-order valence-corrected chi connectivity index (χ3v) is 6.90. The SMILES string of the molecule is COC(CF)CN(CCCCc1ccc2c(n1)NCCC2)CCC(NC(=O)C1CCC1)C(=O)O. The fraction of sp³-hybridized carbons (Fsp3) is 0.720. The van der Waals surface area contributed by atoms with E-state index in [1.165, 1.54) is 12.7 Å². The molecule has 1 saturated carbocycles. The molecule has 0 bridgehead atoms. The number of amides is 1. The Kier molecular flexibility index (Phi) is 10.5. The number of methoxy groups -OCH3 is 1. The molecule has 1 aliphatic heterocycles. The van der Waals surface area contributed by atoms with E-state index < -0.39 is 24.8 Å². The molecule has 2 heterocycles. The van der Waals surface area contributed by atoms with Crippen molar-refractivity contribution < 1.29 is 23.8 Å². The van der Waals surface area contributed by atoms with Gasteiger partial charge in [0.25, 0.3) is 0 Å². The van der Waals surface area contributed by atoms with Crippen LogP contribution in [0.25, 0.3) is 0 Å². The molecular formula is C25H39FN4O4. The van der Waals surface area contributed by atoms with Crippen molar-refractivity contribution in [2.75, 3.05) is 45.3 Å². The number of carbonyl (C=O) groups excluding carboxylic acids is 1. The molecule has 190 valence electrons. The van der Waals surface area contributed by atoms with E-state index >= 15 is 0 Å². The molecule has 1 aromatic heterocycles. The molecule has 34 heavy (non-hydrogen) atoms. The van der Waals surface area contributed by atoms with E-state index in [9.17, 15) is 19.1 Å². The van der Waals surface area contributed by atoms with Crippen LogP contribution in [0, 0.1) is 5.92 Å². The minimum atomic E-state index is -1.03. The number of halogens is 1. The number of carbonyl (C=O) groups is 2. The highest BCUT2D eigenvalue weighted by Crippen LogP contribution is 2.26. The number of hydrogen-bond acceptors (Lipinski definition) is 6. The molecule has 2 atom stereocenters. The highest BCUT2D eigenvalue weighted by Gasteiger charge is 2.29. The Morgan fingerprint density at radius 2 is 2.12 bits per heavy atom. The predicted molar refractivity (Wildman–Crippen MR) is 129 cm³/mol. The van der Waals surface area contributed by atoms with Crippen molar-refractivity contribution in [1.82, 2.24) is 15.2 Å². The number of rotatable bonds is 15. The first-order valence-electron chi connectivity index (χ1n) is 12.6. The summed E-state index contributed by atoms with van der Waals surface area (Å²) < 4.78 is 18.5. The smallest absolute Gasteiger partial charge is 0.326 e. The minimum absolute atomic E-state index is 0.0604. The van der Waals surface area contributed by atoms with Gasteiger partial charge < -0.3 is 25.4 Å². The molecule has 0 spiro atoms. The second-order valence-electron chi connectivity index (χ2n) is 9.43. The van der Waals surface area contributed by atoms with Crippen molar-refractivity contribution in [1.29, 1.82) is 0 Å². The minimum Gasteiger partial charge on any atom is -0.480 e. The molecule has 1 fully saturated rings. The number of hydrogen-bond donors (Lipinski definition) is 3. The van der Waals surface area contributed by atoms with Crippen LogP contribution in [0.2, 0.25) is 0 Å². The number of aryl methyl sites for hydroxylation is 2. The second-order valence-corrected chi connectivity index (χ2v) is 9.43. The van der Waals surface area contributed by atoms with Crippen molar-refractivity contribution in [2.45, 2.75) is 69.9 Å². The van der Waals surface area contributed by atoms with Crippen LogP contribution in [0.1, 0.15) is 56.2 Å². The number of ether oxygens (including phenoxy) is 1. The molecule has 1 aliphatic carbocycles. The zero-order valence-corrected chi connectivity index (χ0v) is 20.2. The van der Waals surface area contributed by atoms with Gasteiger partial charge in [0.2, 0.25) is 5.91 Å². The van der Waals surface area contributed by atoms with Gasteiger partial charge in [0.05, 0.1) is 6.10 Å². The molecule has 0 saturated heterocycles. The van der Waals surface area contributed by atoms with Gasteiger partial charge in [0.15, 0.2) is 0 Å². The highest BCUT2D eigenvalue weighted by molar-refractivity contribution is 5.85.